The lowest BCUT2D eigenvalue weighted by molar-refractivity contribution is -0.0437. The third-order valence-corrected chi connectivity index (χ3v) is 4.43. The van der Waals surface area contributed by atoms with E-state index in [-0.39, 0.29) is 16.3 Å². The molecular formula is C10H13BrF2N2O4S. The summed E-state index contributed by atoms with van der Waals surface area (Å²) in [6.45, 7) is -2.69. The van der Waals surface area contributed by atoms with Gasteiger partial charge in [0.2, 0.25) is 10.0 Å². The van der Waals surface area contributed by atoms with Gasteiger partial charge in [0.1, 0.15) is 17.3 Å². The van der Waals surface area contributed by atoms with Crippen LogP contribution < -0.4 is 15.2 Å². The van der Waals surface area contributed by atoms with Gasteiger partial charge in [-0.15, -0.1) is 0 Å². The summed E-state index contributed by atoms with van der Waals surface area (Å²) in [5, 5.41) is 8.41. The molecule has 0 spiro atoms. The van der Waals surface area contributed by atoms with E-state index in [4.69, 9.17) is 15.6 Å². The van der Waals surface area contributed by atoms with Crippen LogP contribution in [0.15, 0.2) is 21.5 Å². The molecular weight excluding hydrogens is 362 g/mol. The number of hydrogen-bond donors (Lipinski definition) is 3. The summed E-state index contributed by atoms with van der Waals surface area (Å²) in [5.41, 5.74) is 5.68. The first-order chi connectivity index (χ1) is 9.13. The first-order valence-corrected chi connectivity index (χ1v) is 7.52. The highest BCUT2D eigenvalue weighted by molar-refractivity contribution is 9.10. The van der Waals surface area contributed by atoms with Crippen LogP contribution >= 0.6 is 15.9 Å². The van der Waals surface area contributed by atoms with Crippen LogP contribution in [0.5, 0.6) is 5.75 Å². The van der Waals surface area contributed by atoms with Crippen molar-refractivity contribution in [1.29, 1.82) is 0 Å². The van der Waals surface area contributed by atoms with E-state index in [1.165, 1.54) is 13.2 Å². The molecule has 6 nitrogen and oxygen atoms in total. The molecule has 0 aliphatic carbocycles. The van der Waals surface area contributed by atoms with Crippen LogP contribution in [-0.4, -0.2) is 39.7 Å². The van der Waals surface area contributed by atoms with Crippen LogP contribution in [0.4, 0.5) is 14.5 Å². The number of aliphatic hydroxyl groups excluding tert-OH is 1. The molecule has 0 radical (unpaired) electrons. The van der Waals surface area contributed by atoms with Gasteiger partial charge in [-0.25, -0.2) is 21.9 Å². The van der Waals surface area contributed by atoms with Gasteiger partial charge >= 0.3 is 0 Å². The SMILES string of the molecule is COc1cc(Br)c(N)cc1S(=O)(=O)NCC(F)(F)CO. The van der Waals surface area contributed by atoms with Crippen LogP contribution in [0.3, 0.4) is 0 Å². The second-order valence-electron chi connectivity index (χ2n) is 3.86. The molecule has 0 unspecified atom stereocenters. The Bertz CT molecular complexity index is 595. The molecule has 20 heavy (non-hydrogen) atoms. The Morgan fingerprint density at radius 2 is 2.10 bits per heavy atom. The Balaban J connectivity index is 3.13. The Hall–Kier alpha value is -0.970. The zero-order chi connectivity index (χ0) is 15.6. The van der Waals surface area contributed by atoms with E-state index in [1.807, 2.05) is 0 Å². The first kappa shape index (κ1) is 17.1. The Morgan fingerprint density at radius 3 is 2.60 bits per heavy atom. The summed E-state index contributed by atoms with van der Waals surface area (Å²) in [7, 11) is -3.02. The molecule has 0 amide bonds. The number of methoxy groups -OCH3 is 1. The number of benzene rings is 1. The Morgan fingerprint density at radius 1 is 1.50 bits per heavy atom. The van der Waals surface area contributed by atoms with Crippen LogP contribution in [0.25, 0.3) is 0 Å². The predicted molar refractivity (Wildman–Crippen MR) is 72.3 cm³/mol. The van der Waals surface area contributed by atoms with Crippen molar-refractivity contribution >= 4 is 31.6 Å². The van der Waals surface area contributed by atoms with Crippen LogP contribution in [0.1, 0.15) is 0 Å². The minimum absolute atomic E-state index is 0.0501. The molecule has 1 rings (SSSR count). The fourth-order valence-corrected chi connectivity index (χ4v) is 2.82. The summed E-state index contributed by atoms with van der Waals surface area (Å²) in [6.07, 6.45) is 0. The van der Waals surface area contributed by atoms with Crippen molar-refractivity contribution in [1.82, 2.24) is 4.72 Å². The number of aliphatic hydroxyl groups is 1. The van der Waals surface area contributed by atoms with E-state index >= 15 is 0 Å². The molecule has 0 aliphatic rings. The van der Waals surface area contributed by atoms with Crippen molar-refractivity contribution in [3.8, 4) is 5.75 Å². The molecule has 1 aromatic carbocycles. The number of hydrogen-bond acceptors (Lipinski definition) is 5. The topological polar surface area (TPSA) is 102 Å². The van der Waals surface area contributed by atoms with Crippen molar-refractivity contribution in [2.24, 2.45) is 0 Å². The molecule has 0 bridgehead atoms. The second kappa shape index (κ2) is 6.20. The zero-order valence-electron chi connectivity index (χ0n) is 10.4. The Labute approximate surface area is 123 Å². The van der Waals surface area contributed by atoms with Gasteiger partial charge in [0, 0.05) is 10.2 Å². The predicted octanol–water partition coefficient (Wildman–Crippen LogP) is 0.946. The van der Waals surface area contributed by atoms with Crippen molar-refractivity contribution in [3.05, 3.63) is 16.6 Å². The number of nitrogen functional groups attached to an aromatic ring is 1. The fraction of sp³-hybridized carbons (Fsp3) is 0.400. The first-order valence-electron chi connectivity index (χ1n) is 5.24. The number of sulfonamides is 1. The number of ether oxygens (including phenoxy) is 1. The molecule has 0 fully saturated rings. The van der Waals surface area contributed by atoms with Crippen LogP contribution in [0, 0.1) is 0 Å². The molecule has 114 valence electrons. The van der Waals surface area contributed by atoms with E-state index in [1.54, 1.807) is 4.72 Å². The van der Waals surface area contributed by atoms with Crippen molar-refractivity contribution < 1.29 is 27.0 Å². The lowest BCUT2D eigenvalue weighted by atomic mass is 10.3. The minimum atomic E-state index is -4.25. The number of halogens is 3. The van der Waals surface area contributed by atoms with Gasteiger partial charge in [-0.3, -0.25) is 0 Å². The third-order valence-electron chi connectivity index (χ3n) is 2.32. The summed E-state index contributed by atoms with van der Waals surface area (Å²) < 4.78 is 56.7. The summed E-state index contributed by atoms with van der Waals surface area (Å²) in [4.78, 5) is -0.366. The van der Waals surface area contributed by atoms with E-state index in [0.717, 1.165) is 6.07 Å². The van der Waals surface area contributed by atoms with Gasteiger partial charge in [0.05, 0.1) is 13.7 Å². The molecule has 0 heterocycles. The van der Waals surface area contributed by atoms with Gasteiger partial charge < -0.3 is 15.6 Å². The summed E-state index contributed by atoms with van der Waals surface area (Å²) in [6, 6.07) is 2.40. The van der Waals surface area contributed by atoms with Crippen molar-refractivity contribution in [2.75, 3.05) is 26.0 Å². The molecule has 0 aromatic heterocycles. The van der Waals surface area contributed by atoms with Crippen molar-refractivity contribution in [2.45, 2.75) is 10.8 Å². The molecule has 0 saturated heterocycles. The summed E-state index contributed by atoms with van der Waals surface area (Å²) >= 11 is 3.10. The number of nitrogens with one attached hydrogen (secondary N) is 1. The molecule has 4 N–H and O–H groups in total. The number of alkyl halides is 2. The highest BCUT2D eigenvalue weighted by atomic mass is 79.9. The maximum Gasteiger partial charge on any atom is 0.283 e. The standard InChI is InChI=1S/C10H13BrF2N2O4S/c1-19-8-2-6(11)7(14)3-9(8)20(17,18)15-4-10(12,13)5-16/h2-3,15-16H,4-5,14H2,1H3. The van der Waals surface area contributed by atoms with E-state index in [9.17, 15) is 17.2 Å². The van der Waals surface area contributed by atoms with Gasteiger partial charge in [0.25, 0.3) is 5.92 Å². The highest BCUT2D eigenvalue weighted by Gasteiger charge is 2.31. The van der Waals surface area contributed by atoms with Gasteiger partial charge in [-0.05, 0) is 28.1 Å². The maximum atomic E-state index is 12.9. The monoisotopic (exact) mass is 374 g/mol. The zero-order valence-corrected chi connectivity index (χ0v) is 12.8. The Kier molecular flexibility index (Phi) is 5.30. The fourth-order valence-electron chi connectivity index (χ4n) is 1.25. The van der Waals surface area contributed by atoms with Gasteiger partial charge in [0.15, 0.2) is 0 Å². The van der Waals surface area contributed by atoms with E-state index in [0.29, 0.717) is 4.47 Å². The van der Waals surface area contributed by atoms with Gasteiger partial charge in [-0.2, -0.15) is 0 Å². The molecule has 10 heteroatoms. The molecule has 0 atom stereocenters. The second-order valence-corrected chi connectivity index (χ2v) is 6.45. The molecule has 0 aliphatic heterocycles. The normalized spacial score (nSPS) is 12.4. The largest absolute Gasteiger partial charge is 0.495 e. The summed E-state index contributed by atoms with van der Waals surface area (Å²) in [5.74, 6) is -3.60. The average Bonchev–Trinajstić information content (AvgIpc) is 2.39. The third kappa shape index (κ3) is 4.01. The lowest BCUT2D eigenvalue weighted by Gasteiger charge is -2.16. The van der Waals surface area contributed by atoms with Crippen LogP contribution in [0.2, 0.25) is 0 Å². The minimum Gasteiger partial charge on any atom is -0.495 e. The van der Waals surface area contributed by atoms with Crippen LogP contribution in [-0.2, 0) is 10.0 Å². The van der Waals surface area contributed by atoms with E-state index in [2.05, 4.69) is 15.9 Å². The lowest BCUT2D eigenvalue weighted by Crippen LogP contribution is -2.39. The number of anilines is 1. The van der Waals surface area contributed by atoms with E-state index < -0.39 is 29.1 Å². The average molecular weight is 375 g/mol. The number of rotatable bonds is 6. The highest BCUT2D eigenvalue weighted by Crippen LogP contribution is 2.32. The van der Waals surface area contributed by atoms with Crippen molar-refractivity contribution in [3.63, 3.8) is 0 Å². The molecule has 1 aromatic rings. The van der Waals surface area contributed by atoms with Gasteiger partial charge in [-0.1, -0.05) is 0 Å². The number of nitrogens with two attached hydrogens (primary N) is 1. The maximum absolute atomic E-state index is 12.9. The molecule has 0 saturated carbocycles. The smallest absolute Gasteiger partial charge is 0.283 e. The quantitative estimate of drug-likeness (QED) is 0.643.